The summed E-state index contributed by atoms with van der Waals surface area (Å²) in [5.41, 5.74) is 10.2. The Bertz CT molecular complexity index is 2660. The van der Waals surface area contributed by atoms with E-state index < -0.39 is 6.23 Å². The highest BCUT2D eigenvalue weighted by molar-refractivity contribution is 6.16. The summed E-state index contributed by atoms with van der Waals surface area (Å²) in [6.45, 7) is 0. The first kappa shape index (κ1) is 32.6. The van der Waals surface area contributed by atoms with Gasteiger partial charge in [-0.3, -0.25) is 21.2 Å². The molecule has 7 aromatic carbocycles. The largest absolute Gasteiger partial charge is 0.446 e. The van der Waals surface area contributed by atoms with Crippen LogP contribution >= 0.6 is 0 Å². The van der Waals surface area contributed by atoms with Gasteiger partial charge in [-0.05, 0) is 63.0 Å². The molecule has 2 atom stereocenters. The first-order valence-electron chi connectivity index (χ1n) is 17.7. The van der Waals surface area contributed by atoms with Crippen molar-refractivity contribution in [3.05, 3.63) is 209 Å². The van der Waals surface area contributed by atoms with Crippen LogP contribution in [0, 0.1) is 10.8 Å². The minimum absolute atomic E-state index is 0.120. The molecular formula is C46H34N6O2. The normalized spacial score (nSPS) is 16.3. The molecule has 0 radical (unpaired) electrons. The number of rotatable bonds is 7. The van der Waals surface area contributed by atoms with Crippen LogP contribution in [-0.4, -0.2) is 23.4 Å². The van der Waals surface area contributed by atoms with E-state index in [1.54, 1.807) is 0 Å². The summed E-state index contributed by atoms with van der Waals surface area (Å²) in [4.78, 5) is 5.18. The molecule has 0 saturated carbocycles. The molecule has 0 saturated heterocycles. The third-order valence-electron chi connectivity index (χ3n) is 9.64. The van der Waals surface area contributed by atoms with E-state index in [1.807, 2.05) is 127 Å². The molecule has 0 bridgehead atoms. The van der Waals surface area contributed by atoms with Crippen molar-refractivity contribution in [2.45, 2.75) is 12.4 Å². The van der Waals surface area contributed by atoms with Gasteiger partial charge in [0.25, 0.3) is 0 Å². The van der Waals surface area contributed by atoms with E-state index in [1.165, 1.54) is 0 Å². The Kier molecular flexibility index (Phi) is 8.45. The standard InChI is InChI=1S/C46H34N6O2/c47-42(53-43(48)38-23-11-19-29-13-7-9-21-36(29)38)34-25-33(41-28-40(31-15-3-1-4-16-31)49-44(50-41)32-17-5-2-6-18-32)26-35(27-34)45-51-52-46(54-45)39-24-12-20-30-14-8-10-22-37(30)39/h1-28,44,46-49,52H. The summed E-state index contributed by atoms with van der Waals surface area (Å²) in [5, 5.41) is 30.4. The fraction of sp³-hybridized carbons (Fsp3) is 0.0435. The Morgan fingerprint density at radius 3 is 2.06 bits per heavy atom. The fourth-order valence-corrected chi connectivity index (χ4v) is 6.97. The van der Waals surface area contributed by atoms with Crippen LogP contribution in [0.4, 0.5) is 0 Å². The van der Waals surface area contributed by atoms with Crippen LogP contribution in [-0.2, 0) is 9.47 Å². The molecule has 0 fully saturated rings. The number of aliphatic imine (C=N–C) groups is 1. The third-order valence-corrected chi connectivity index (χ3v) is 9.64. The zero-order chi connectivity index (χ0) is 36.4. The number of ether oxygens (including phenoxy) is 2. The molecule has 0 amide bonds. The maximum Gasteiger partial charge on any atom is 0.240 e. The van der Waals surface area contributed by atoms with E-state index in [2.05, 4.69) is 58.3 Å². The molecule has 0 aliphatic carbocycles. The Morgan fingerprint density at radius 2 is 1.26 bits per heavy atom. The molecule has 2 unspecified atom stereocenters. The van der Waals surface area contributed by atoms with Gasteiger partial charge in [0.15, 0.2) is 0 Å². The van der Waals surface area contributed by atoms with Crippen molar-refractivity contribution < 1.29 is 9.47 Å². The van der Waals surface area contributed by atoms with Gasteiger partial charge in [0.2, 0.25) is 23.9 Å². The highest BCUT2D eigenvalue weighted by Gasteiger charge is 2.27. The second kappa shape index (κ2) is 14.0. The summed E-state index contributed by atoms with van der Waals surface area (Å²) in [6.07, 6.45) is 1.15. The predicted molar refractivity (Wildman–Crippen MR) is 216 cm³/mol. The van der Waals surface area contributed by atoms with Gasteiger partial charge in [-0.25, -0.2) is 0 Å². The summed E-state index contributed by atoms with van der Waals surface area (Å²) in [7, 11) is 0. The van der Waals surface area contributed by atoms with Crippen molar-refractivity contribution in [2.24, 2.45) is 10.1 Å². The second-order valence-corrected chi connectivity index (χ2v) is 13.1. The number of hydrogen-bond donors (Lipinski definition) is 4. The lowest BCUT2D eigenvalue weighted by Crippen LogP contribution is -2.25. The van der Waals surface area contributed by atoms with Crippen LogP contribution < -0.4 is 10.7 Å². The first-order chi connectivity index (χ1) is 26.6. The topological polar surface area (TPSA) is 115 Å². The molecule has 2 heterocycles. The molecule has 2 aliphatic heterocycles. The first-order valence-corrected chi connectivity index (χ1v) is 17.7. The van der Waals surface area contributed by atoms with Gasteiger partial charge >= 0.3 is 0 Å². The number of hydrazone groups is 1. The van der Waals surface area contributed by atoms with Crippen LogP contribution in [0.25, 0.3) is 27.2 Å². The van der Waals surface area contributed by atoms with Gasteiger partial charge in [0.05, 0.1) is 5.71 Å². The van der Waals surface area contributed by atoms with Crippen molar-refractivity contribution in [3.63, 3.8) is 0 Å². The van der Waals surface area contributed by atoms with E-state index in [-0.39, 0.29) is 18.0 Å². The number of fused-ring (bicyclic) bond motifs is 2. The van der Waals surface area contributed by atoms with Crippen molar-refractivity contribution in [1.29, 1.82) is 10.8 Å². The zero-order valence-corrected chi connectivity index (χ0v) is 29.0. The van der Waals surface area contributed by atoms with Crippen LogP contribution in [0.1, 0.15) is 51.3 Å². The smallest absolute Gasteiger partial charge is 0.240 e. The van der Waals surface area contributed by atoms with Crippen molar-refractivity contribution in [3.8, 4) is 0 Å². The van der Waals surface area contributed by atoms with Crippen LogP contribution in [0.5, 0.6) is 0 Å². The summed E-state index contributed by atoms with van der Waals surface area (Å²) < 4.78 is 12.5. The predicted octanol–water partition coefficient (Wildman–Crippen LogP) is 9.47. The summed E-state index contributed by atoms with van der Waals surface area (Å²) in [6, 6.07) is 53.8. The van der Waals surface area contributed by atoms with Crippen molar-refractivity contribution in [2.75, 3.05) is 0 Å². The molecule has 2 aliphatic rings. The number of nitrogens with one attached hydrogen (secondary N) is 4. The third kappa shape index (κ3) is 6.37. The number of nitrogens with zero attached hydrogens (tertiary/aromatic N) is 2. The lowest BCUT2D eigenvalue weighted by atomic mass is 9.98. The number of allylic oxidation sites excluding steroid dienone is 1. The summed E-state index contributed by atoms with van der Waals surface area (Å²) >= 11 is 0. The SMILES string of the molecule is N=C(OC(=N)c1cccc2ccccc12)c1cc(C2=NC(c3ccccc3)NC(c3ccccc3)=C2)cc(C2=NNC(c3cccc4ccccc34)O2)c1. The van der Waals surface area contributed by atoms with E-state index in [4.69, 9.17) is 19.9 Å². The van der Waals surface area contributed by atoms with Gasteiger partial charge < -0.3 is 14.8 Å². The van der Waals surface area contributed by atoms with Crippen molar-refractivity contribution >= 4 is 50.6 Å². The minimum Gasteiger partial charge on any atom is -0.446 e. The van der Waals surface area contributed by atoms with Gasteiger partial charge in [0, 0.05) is 33.5 Å². The van der Waals surface area contributed by atoms with Crippen LogP contribution in [0.2, 0.25) is 0 Å². The Labute approximate surface area is 312 Å². The van der Waals surface area contributed by atoms with Gasteiger partial charge in [-0.1, -0.05) is 140 Å². The van der Waals surface area contributed by atoms with Crippen LogP contribution in [0.15, 0.2) is 180 Å². The van der Waals surface area contributed by atoms with E-state index in [0.29, 0.717) is 28.3 Å². The molecule has 7 aromatic rings. The molecule has 54 heavy (non-hydrogen) atoms. The maximum absolute atomic E-state index is 9.18. The van der Waals surface area contributed by atoms with Crippen molar-refractivity contribution in [1.82, 2.24) is 10.7 Å². The highest BCUT2D eigenvalue weighted by Crippen LogP contribution is 2.31. The fourth-order valence-electron chi connectivity index (χ4n) is 6.97. The summed E-state index contributed by atoms with van der Waals surface area (Å²) in [5.74, 6) is 0.0643. The van der Waals surface area contributed by atoms with Gasteiger partial charge in [-0.15, -0.1) is 5.10 Å². The monoisotopic (exact) mass is 702 g/mol. The minimum atomic E-state index is -0.517. The molecule has 0 spiro atoms. The van der Waals surface area contributed by atoms with E-state index in [9.17, 15) is 5.41 Å². The van der Waals surface area contributed by atoms with Gasteiger partial charge in [0.1, 0.15) is 6.17 Å². The molecule has 9 rings (SSSR count). The molecular weight excluding hydrogens is 669 g/mol. The van der Waals surface area contributed by atoms with Gasteiger partial charge in [-0.2, -0.15) is 0 Å². The van der Waals surface area contributed by atoms with E-state index in [0.717, 1.165) is 49.5 Å². The molecule has 0 aromatic heterocycles. The van der Waals surface area contributed by atoms with E-state index >= 15 is 0 Å². The lowest BCUT2D eigenvalue weighted by Gasteiger charge is -2.25. The second-order valence-electron chi connectivity index (χ2n) is 13.1. The Morgan fingerprint density at radius 1 is 0.611 bits per heavy atom. The molecule has 8 nitrogen and oxygen atoms in total. The number of benzene rings is 7. The average Bonchev–Trinajstić information content (AvgIpc) is 3.74. The molecule has 4 N–H and O–H groups in total. The Hall–Kier alpha value is -7.32. The average molecular weight is 703 g/mol. The highest BCUT2D eigenvalue weighted by atomic mass is 16.5. The maximum atomic E-state index is 9.18. The molecule has 8 heteroatoms. The quantitative estimate of drug-likeness (QED) is 0.0979. The lowest BCUT2D eigenvalue weighted by molar-refractivity contribution is 0.193. The Balaban J connectivity index is 1.12. The number of hydrogen-bond acceptors (Lipinski definition) is 8. The van der Waals surface area contributed by atoms with Crippen LogP contribution in [0.3, 0.4) is 0 Å². The zero-order valence-electron chi connectivity index (χ0n) is 29.0. The molecule has 260 valence electrons.